The van der Waals surface area contributed by atoms with E-state index in [2.05, 4.69) is 36.5 Å². The van der Waals surface area contributed by atoms with Gasteiger partial charge in [-0.2, -0.15) is 5.26 Å². The van der Waals surface area contributed by atoms with Crippen molar-refractivity contribution in [2.45, 2.75) is 88.4 Å². The predicted octanol–water partition coefficient (Wildman–Crippen LogP) is 4.41. The van der Waals surface area contributed by atoms with Crippen LogP contribution in [-0.4, -0.2) is 118 Å². The molecular formula is C42H46ClN9O6. The molecule has 3 unspecified atom stereocenters. The van der Waals surface area contributed by atoms with Crippen LogP contribution in [0.3, 0.4) is 0 Å². The second-order valence-electron chi connectivity index (χ2n) is 15.7. The molecule has 4 saturated heterocycles. The van der Waals surface area contributed by atoms with Gasteiger partial charge in [-0.15, -0.1) is 0 Å². The highest BCUT2D eigenvalue weighted by molar-refractivity contribution is 6.31. The molecule has 2 N–H and O–H groups in total. The van der Waals surface area contributed by atoms with E-state index < -0.39 is 29.7 Å². The molecule has 4 fully saturated rings. The molecule has 5 aliphatic rings. The van der Waals surface area contributed by atoms with Gasteiger partial charge in [0.2, 0.25) is 17.8 Å². The maximum Gasteiger partial charge on any atom is 0.262 e. The third kappa shape index (κ3) is 8.21. The van der Waals surface area contributed by atoms with Crippen LogP contribution in [0.4, 0.5) is 11.6 Å². The molecule has 302 valence electrons. The average molecular weight is 808 g/mol. The fraction of sp³-hybridized carbons (Fsp3) is 0.476. The predicted molar refractivity (Wildman–Crippen MR) is 214 cm³/mol. The molecule has 2 bridgehead atoms. The van der Waals surface area contributed by atoms with Gasteiger partial charge in [-0.1, -0.05) is 24.4 Å². The van der Waals surface area contributed by atoms with Crippen molar-refractivity contribution in [3.05, 3.63) is 76.1 Å². The van der Waals surface area contributed by atoms with Gasteiger partial charge in [0.25, 0.3) is 17.7 Å². The van der Waals surface area contributed by atoms with Gasteiger partial charge in [-0.3, -0.25) is 39.1 Å². The van der Waals surface area contributed by atoms with Gasteiger partial charge in [0, 0.05) is 88.2 Å². The summed E-state index contributed by atoms with van der Waals surface area (Å²) in [5, 5.41) is 15.1. The fourth-order valence-corrected chi connectivity index (χ4v) is 9.16. The number of nitrogens with one attached hydrogen (secondary N) is 2. The molecule has 5 amide bonds. The summed E-state index contributed by atoms with van der Waals surface area (Å²) in [7, 11) is 0. The topological polar surface area (TPSA) is 181 Å². The minimum Gasteiger partial charge on any atom is -0.490 e. The highest BCUT2D eigenvalue weighted by atomic mass is 35.5. The number of amides is 5. The van der Waals surface area contributed by atoms with Crippen molar-refractivity contribution in [2.75, 3.05) is 49.5 Å². The first-order chi connectivity index (χ1) is 28.2. The minimum atomic E-state index is -0.974. The largest absolute Gasteiger partial charge is 0.490 e. The van der Waals surface area contributed by atoms with E-state index in [0.717, 1.165) is 101 Å². The van der Waals surface area contributed by atoms with E-state index in [1.54, 1.807) is 48.8 Å². The first kappa shape index (κ1) is 39.2. The Kier molecular flexibility index (Phi) is 11.6. The van der Waals surface area contributed by atoms with E-state index in [1.165, 1.54) is 0 Å². The van der Waals surface area contributed by atoms with Crippen LogP contribution >= 0.6 is 11.6 Å². The molecule has 16 heteroatoms. The van der Waals surface area contributed by atoms with Crippen molar-refractivity contribution in [3.63, 3.8) is 0 Å². The Labute approximate surface area is 341 Å². The van der Waals surface area contributed by atoms with Crippen LogP contribution in [0.25, 0.3) is 0 Å². The van der Waals surface area contributed by atoms with Crippen LogP contribution in [0.1, 0.15) is 101 Å². The van der Waals surface area contributed by atoms with Crippen molar-refractivity contribution in [1.82, 2.24) is 30.0 Å². The number of carbonyl (C=O) groups is 5. The first-order valence-electron chi connectivity index (χ1n) is 20.2. The van der Waals surface area contributed by atoms with Gasteiger partial charge in [0.15, 0.2) is 0 Å². The molecule has 0 saturated carbocycles. The van der Waals surface area contributed by atoms with Gasteiger partial charge < -0.3 is 19.9 Å². The summed E-state index contributed by atoms with van der Waals surface area (Å²) in [6, 6.07) is 11.5. The third-order valence-corrected chi connectivity index (χ3v) is 12.3. The molecule has 8 rings (SSSR count). The summed E-state index contributed by atoms with van der Waals surface area (Å²) < 4.78 is 6.23. The van der Waals surface area contributed by atoms with Crippen LogP contribution in [0.15, 0.2) is 48.8 Å². The second kappa shape index (κ2) is 17.1. The number of piperazine rings is 1. The lowest BCUT2D eigenvalue weighted by atomic mass is 9.98. The van der Waals surface area contributed by atoms with Crippen molar-refractivity contribution in [3.8, 4) is 11.8 Å². The quantitative estimate of drug-likeness (QED) is 0.184. The van der Waals surface area contributed by atoms with Gasteiger partial charge >= 0.3 is 0 Å². The van der Waals surface area contributed by atoms with Crippen LogP contribution in [0.5, 0.6) is 5.75 Å². The summed E-state index contributed by atoms with van der Waals surface area (Å²) in [5.41, 5.74) is 2.21. The molecule has 3 aromatic rings. The Hall–Kier alpha value is -5.59. The number of nitrogens with zero attached hydrogens (tertiary/aromatic N) is 7. The SMILES string of the molecule is N#Cc1ccc(OC2CC3CCC(C2)N3C(=O)c2cnc(N3CCN(CCCCCCNc4ccc5c(c4)C(=O)N(C4CCC(=O)NC4=O)C5=O)CC3)nc2)cc1Cl. The number of imide groups is 2. The molecule has 58 heavy (non-hydrogen) atoms. The Morgan fingerprint density at radius 1 is 0.897 bits per heavy atom. The highest BCUT2D eigenvalue weighted by Gasteiger charge is 2.46. The number of hydrogen-bond donors (Lipinski definition) is 2. The Balaban J connectivity index is 0.719. The molecule has 6 heterocycles. The van der Waals surface area contributed by atoms with Crippen molar-refractivity contribution >= 4 is 52.8 Å². The fourth-order valence-electron chi connectivity index (χ4n) is 8.95. The van der Waals surface area contributed by atoms with E-state index in [1.807, 2.05) is 4.90 Å². The number of hydrogen-bond acceptors (Lipinski definition) is 12. The van der Waals surface area contributed by atoms with Gasteiger partial charge in [-0.25, -0.2) is 9.97 Å². The van der Waals surface area contributed by atoms with Gasteiger partial charge in [-0.05, 0) is 69.0 Å². The number of benzene rings is 2. The molecule has 15 nitrogen and oxygen atoms in total. The minimum absolute atomic E-state index is 0.0254. The number of rotatable bonds is 13. The normalized spacial score (nSPS) is 23.1. The smallest absolute Gasteiger partial charge is 0.262 e. The van der Waals surface area contributed by atoms with Crippen LogP contribution in [0, 0.1) is 11.3 Å². The zero-order valence-corrected chi connectivity index (χ0v) is 33.0. The molecule has 5 aliphatic heterocycles. The number of unbranched alkanes of at least 4 members (excludes halogenated alkanes) is 3. The van der Waals surface area contributed by atoms with Gasteiger partial charge in [0.1, 0.15) is 24.0 Å². The standard InChI is InChI=1S/C42H46ClN9O6/c43-35-22-31(9-5-26(35)23-44)58-32-20-29-7-8-30(21-32)51(29)39(55)27-24-46-42(47-25-27)50-17-15-49(16-18-50)14-4-2-1-3-13-45-28-6-10-33-34(19-28)41(57)52(40(33)56)36-11-12-37(53)48-38(36)54/h5-6,9-10,19,22,24-25,29-30,32,36,45H,1-4,7-8,11-18,20-21H2,(H,48,53,54). The summed E-state index contributed by atoms with van der Waals surface area (Å²) in [5.74, 6) is -0.774. The Bertz CT molecular complexity index is 2120. The summed E-state index contributed by atoms with van der Waals surface area (Å²) in [6.07, 6.45) is 11.1. The van der Waals surface area contributed by atoms with Crippen molar-refractivity contribution in [1.29, 1.82) is 5.26 Å². The maximum atomic E-state index is 13.6. The number of fused-ring (bicyclic) bond motifs is 3. The lowest BCUT2D eigenvalue weighted by Crippen LogP contribution is -2.54. The van der Waals surface area contributed by atoms with Crippen molar-refractivity contribution in [2.24, 2.45) is 0 Å². The van der Waals surface area contributed by atoms with E-state index in [-0.39, 0.29) is 48.1 Å². The van der Waals surface area contributed by atoms with E-state index >= 15 is 0 Å². The summed E-state index contributed by atoms with van der Waals surface area (Å²) in [4.78, 5) is 80.4. The number of piperidine rings is 2. The number of nitriles is 1. The maximum absolute atomic E-state index is 13.6. The second-order valence-corrected chi connectivity index (χ2v) is 16.1. The number of halogens is 1. The lowest BCUT2D eigenvalue weighted by molar-refractivity contribution is -0.136. The molecule has 0 radical (unpaired) electrons. The van der Waals surface area contributed by atoms with Crippen LogP contribution < -0.4 is 20.3 Å². The zero-order valence-electron chi connectivity index (χ0n) is 32.2. The molecule has 3 atom stereocenters. The highest BCUT2D eigenvalue weighted by Crippen LogP contribution is 2.39. The van der Waals surface area contributed by atoms with Gasteiger partial charge in [0.05, 0.1) is 27.3 Å². The lowest BCUT2D eigenvalue weighted by Gasteiger charge is -2.39. The number of carbonyl (C=O) groups excluding carboxylic acids is 5. The molecular weight excluding hydrogens is 762 g/mol. The van der Waals surface area contributed by atoms with E-state index in [0.29, 0.717) is 27.8 Å². The monoisotopic (exact) mass is 807 g/mol. The Morgan fingerprint density at radius 2 is 1.62 bits per heavy atom. The Morgan fingerprint density at radius 3 is 2.33 bits per heavy atom. The van der Waals surface area contributed by atoms with Crippen molar-refractivity contribution < 1.29 is 28.7 Å². The first-order valence-corrected chi connectivity index (χ1v) is 20.6. The summed E-state index contributed by atoms with van der Waals surface area (Å²) >= 11 is 6.20. The van der Waals surface area contributed by atoms with E-state index in [9.17, 15) is 24.0 Å². The number of aromatic nitrogens is 2. The van der Waals surface area contributed by atoms with E-state index in [4.69, 9.17) is 21.6 Å². The summed E-state index contributed by atoms with van der Waals surface area (Å²) in [6.45, 7) is 5.22. The molecule has 0 spiro atoms. The number of ether oxygens (including phenoxy) is 1. The third-order valence-electron chi connectivity index (χ3n) is 12.0. The number of anilines is 2. The van der Waals surface area contributed by atoms with Crippen LogP contribution in [0.2, 0.25) is 5.02 Å². The molecule has 0 aliphatic carbocycles. The molecule has 1 aromatic heterocycles. The molecule has 2 aromatic carbocycles. The zero-order chi connectivity index (χ0) is 40.3. The average Bonchev–Trinajstić information content (AvgIpc) is 3.64. The van der Waals surface area contributed by atoms with Crippen LogP contribution in [-0.2, 0) is 9.59 Å².